The van der Waals surface area contributed by atoms with Crippen molar-refractivity contribution in [3.05, 3.63) is 0 Å². The maximum atomic E-state index is 12.1. The first-order valence-corrected chi connectivity index (χ1v) is 7.50. The minimum absolute atomic E-state index is 0.0483. The molecule has 0 bridgehead atoms. The summed E-state index contributed by atoms with van der Waals surface area (Å²) in [6.07, 6.45) is 2.36. The van der Waals surface area contributed by atoms with Gasteiger partial charge >= 0.3 is 0 Å². The monoisotopic (exact) mass is 280 g/mol. The summed E-state index contributed by atoms with van der Waals surface area (Å²) in [5.74, 6) is 0.664. The van der Waals surface area contributed by atoms with Gasteiger partial charge in [0.2, 0.25) is 5.91 Å². The molecule has 0 spiro atoms. The molecule has 1 rings (SSSR count). The van der Waals surface area contributed by atoms with Crippen LogP contribution in [0.1, 0.15) is 33.6 Å². The van der Waals surface area contributed by atoms with Crippen LogP contribution in [0.15, 0.2) is 0 Å². The molecule has 1 saturated heterocycles. The summed E-state index contributed by atoms with van der Waals surface area (Å²) in [4.78, 5) is 14.3. The minimum Gasteiger partial charge on any atom is -0.337 e. The first-order chi connectivity index (χ1) is 9.41. The van der Waals surface area contributed by atoms with Crippen LogP contribution in [0.3, 0.4) is 0 Å². The van der Waals surface area contributed by atoms with Crippen LogP contribution in [0.4, 0.5) is 0 Å². The highest BCUT2D eigenvalue weighted by Gasteiger charge is 2.31. The lowest BCUT2D eigenvalue weighted by Gasteiger charge is -2.33. The first kappa shape index (κ1) is 16.9. The van der Waals surface area contributed by atoms with Crippen molar-refractivity contribution in [1.29, 1.82) is 5.26 Å². The van der Waals surface area contributed by atoms with E-state index in [2.05, 4.69) is 21.6 Å². The number of hydrogen-bond donors (Lipinski definition) is 2. The lowest BCUT2D eigenvalue weighted by atomic mass is 9.90. The smallest absolute Gasteiger partial charge is 0.235 e. The molecule has 1 aliphatic heterocycles. The molecule has 2 unspecified atom stereocenters. The van der Waals surface area contributed by atoms with Gasteiger partial charge in [0.05, 0.1) is 12.6 Å². The highest BCUT2D eigenvalue weighted by Crippen LogP contribution is 2.17. The van der Waals surface area contributed by atoms with Crippen molar-refractivity contribution in [3.63, 3.8) is 0 Å². The molecule has 1 aliphatic rings. The second-order valence-electron chi connectivity index (χ2n) is 6.32. The molecule has 20 heavy (non-hydrogen) atoms. The Balaban J connectivity index is 2.48. The number of nitriles is 1. The number of nitrogens with zero attached hydrogens (tertiary/aromatic N) is 2. The third-order valence-electron chi connectivity index (χ3n) is 4.25. The van der Waals surface area contributed by atoms with E-state index in [0.717, 1.165) is 26.1 Å². The molecule has 5 heteroatoms. The molecule has 1 fully saturated rings. The predicted octanol–water partition coefficient (Wildman–Crippen LogP) is 0.972. The van der Waals surface area contributed by atoms with Crippen LogP contribution in [-0.4, -0.2) is 49.6 Å². The van der Waals surface area contributed by atoms with Crippen LogP contribution < -0.4 is 10.6 Å². The lowest BCUT2D eigenvalue weighted by Crippen LogP contribution is -2.53. The number of piperidine rings is 1. The Kier molecular flexibility index (Phi) is 6.44. The number of rotatable bonds is 6. The number of likely N-dealkylation sites (tertiary alicyclic amines) is 1. The third kappa shape index (κ3) is 4.77. The Morgan fingerprint density at radius 2 is 2.25 bits per heavy atom. The molecule has 5 nitrogen and oxygen atoms in total. The van der Waals surface area contributed by atoms with Crippen molar-refractivity contribution in [2.75, 3.05) is 33.2 Å². The van der Waals surface area contributed by atoms with E-state index in [0.29, 0.717) is 12.5 Å². The van der Waals surface area contributed by atoms with E-state index in [1.54, 1.807) is 6.92 Å². The maximum absolute atomic E-state index is 12.1. The summed E-state index contributed by atoms with van der Waals surface area (Å²) in [7, 11) is 1.96. The van der Waals surface area contributed by atoms with Crippen molar-refractivity contribution < 1.29 is 4.79 Å². The van der Waals surface area contributed by atoms with Gasteiger partial charge in [-0.1, -0.05) is 13.8 Å². The van der Waals surface area contributed by atoms with Gasteiger partial charge in [-0.05, 0) is 51.7 Å². The summed E-state index contributed by atoms with van der Waals surface area (Å²) < 4.78 is 0. The molecule has 0 aromatic carbocycles. The van der Waals surface area contributed by atoms with E-state index in [1.807, 2.05) is 20.9 Å². The zero-order valence-electron chi connectivity index (χ0n) is 13.2. The highest BCUT2D eigenvalue weighted by molar-refractivity contribution is 5.79. The van der Waals surface area contributed by atoms with E-state index in [-0.39, 0.29) is 11.8 Å². The van der Waals surface area contributed by atoms with E-state index >= 15 is 0 Å². The molecule has 0 saturated carbocycles. The van der Waals surface area contributed by atoms with Crippen LogP contribution in [0.5, 0.6) is 0 Å². The number of carbonyl (C=O) groups is 1. The Morgan fingerprint density at radius 1 is 1.55 bits per heavy atom. The third-order valence-corrected chi connectivity index (χ3v) is 4.25. The quantitative estimate of drug-likeness (QED) is 0.761. The van der Waals surface area contributed by atoms with Crippen molar-refractivity contribution in [2.24, 2.45) is 11.8 Å². The molecule has 1 amide bonds. The van der Waals surface area contributed by atoms with Crippen molar-refractivity contribution in [1.82, 2.24) is 15.5 Å². The van der Waals surface area contributed by atoms with E-state index in [4.69, 9.17) is 0 Å². The number of carbonyl (C=O) groups excluding carboxylic acids is 1. The first-order valence-electron chi connectivity index (χ1n) is 7.50. The Bertz CT molecular complexity index is 361. The number of amides is 1. The van der Waals surface area contributed by atoms with Crippen molar-refractivity contribution >= 4 is 5.91 Å². The van der Waals surface area contributed by atoms with Gasteiger partial charge in [0, 0.05) is 6.54 Å². The lowest BCUT2D eigenvalue weighted by molar-refractivity contribution is -0.124. The van der Waals surface area contributed by atoms with Gasteiger partial charge in [0.25, 0.3) is 0 Å². The van der Waals surface area contributed by atoms with Gasteiger partial charge < -0.3 is 10.6 Å². The SMILES string of the molecule is CNCC1CCCN(CC(=O)NC(C)(C#N)C(C)C)C1. The van der Waals surface area contributed by atoms with Gasteiger partial charge in [-0.3, -0.25) is 9.69 Å². The van der Waals surface area contributed by atoms with Gasteiger partial charge in [-0.15, -0.1) is 0 Å². The van der Waals surface area contributed by atoms with Gasteiger partial charge in [0.1, 0.15) is 5.54 Å². The average Bonchev–Trinajstić information content (AvgIpc) is 2.39. The Labute approximate surface area is 122 Å². The van der Waals surface area contributed by atoms with Crippen LogP contribution >= 0.6 is 0 Å². The van der Waals surface area contributed by atoms with Crippen LogP contribution in [0.25, 0.3) is 0 Å². The zero-order valence-corrected chi connectivity index (χ0v) is 13.2. The maximum Gasteiger partial charge on any atom is 0.235 e. The van der Waals surface area contributed by atoms with Gasteiger partial charge in [-0.2, -0.15) is 5.26 Å². The fourth-order valence-electron chi connectivity index (χ4n) is 2.58. The van der Waals surface area contributed by atoms with Gasteiger partial charge in [-0.25, -0.2) is 0 Å². The summed E-state index contributed by atoms with van der Waals surface area (Å²) in [6, 6.07) is 2.21. The van der Waals surface area contributed by atoms with Crippen molar-refractivity contribution in [3.8, 4) is 6.07 Å². The fraction of sp³-hybridized carbons (Fsp3) is 0.867. The summed E-state index contributed by atoms with van der Waals surface area (Å²) in [5, 5.41) is 15.3. The zero-order chi connectivity index (χ0) is 15.2. The van der Waals surface area contributed by atoms with Crippen LogP contribution in [0, 0.1) is 23.2 Å². The van der Waals surface area contributed by atoms with E-state index in [1.165, 1.54) is 6.42 Å². The molecule has 0 aromatic rings. The highest BCUT2D eigenvalue weighted by atomic mass is 16.2. The molecule has 1 heterocycles. The second kappa shape index (κ2) is 7.61. The van der Waals surface area contributed by atoms with E-state index < -0.39 is 5.54 Å². The summed E-state index contributed by atoms with van der Waals surface area (Å²) in [6.45, 7) is 9.01. The Morgan fingerprint density at radius 3 is 2.80 bits per heavy atom. The molecule has 0 aromatic heterocycles. The normalized spacial score (nSPS) is 23.1. The topological polar surface area (TPSA) is 68.2 Å². The molecule has 114 valence electrons. The average molecular weight is 280 g/mol. The standard InChI is InChI=1S/C15H28N4O/c1-12(2)15(3,11-16)18-14(20)10-19-7-5-6-13(9-19)8-17-4/h12-13,17H,5-10H2,1-4H3,(H,18,20). The minimum atomic E-state index is -0.781. The van der Waals surface area contributed by atoms with Gasteiger partial charge in [0.15, 0.2) is 0 Å². The molecule has 0 aliphatic carbocycles. The summed E-state index contributed by atoms with van der Waals surface area (Å²) >= 11 is 0. The molecular weight excluding hydrogens is 252 g/mol. The molecule has 2 N–H and O–H groups in total. The number of hydrogen-bond acceptors (Lipinski definition) is 4. The molecule has 2 atom stereocenters. The predicted molar refractivity (Wildman–Crippen MR) is 80.1 cm³/mol. The van der Waals surface area contributed by atoms with E-state index in [9.17, 15) is 10.1 Å². The Hall–Kier alpha value is -1.12. The summed E-state index contributed by atoms with van der Waals surface area (Å²) in [5.41, 5.74) is -0.781. The van der Waals surface area contributed by atoms with Crippen molar-refractivity contribution in [2.45, 2.75) is 39.2 Å². The molecular formula is C15H28N4O. The van der Waals surface area contributed by atoms with Crippen LogP contribution in [-0.2, 0) is 4.79 Å². The largest absolute Gasteiger partial charge is 0.337 e. The fourth-order valence-corrected chi connectivity index (χ4v) is 2.58. The molecule has 0 radical (unpaired) electrons. The second-order valence-corrected chi connectivity index (χ2v) is 6.32. The van der Waals surface area contributed by atoms with Crippen LogP contribution in [0.2, 0.25) is 0 Å². The number of nitrogens with one attached hydrogen (secondary N) is 2.